The Hall–Kier alpha value is -1.76. The molecule has 0 unspecified atom stereocenters. The van der Waals surface area contributed by atoms with Crippen molar-refractivity contribution in [3.8, 4) is 11.6 Å². The van der Waals surface area contributed by atoms with Gasteiger partial charge in [0.1, 0.15) is 11.5 Å². The molecule has 0 spiro atoms. The van der Waals surface area contributed by atoms with Crippen LogP contribution in [-0.2, 0) is 0 Å². The maximum absolute atomic E-state index is 10.8. The fourth-order valence-electron chi connectivity index (χ4n) is 0.957. The number of hydrogen-bond donors (Lipinski definition) is 0. The summed E-state index contributed by atoms with van der Waals surface area (Å²) in [6, 6.07) is 0. The highest BCUT2D eigenvalue weighted by Crippen LogP contribution is 2.14. The van der Waals surface area contributed by atoms with E-state index in [2.05, 4.69) is 14.3 Å². The normalized spacial score (nSPS) is 10.3. The molecule has 0 aromatic carbocycles. The highest BCUT2D eigenvalue weighted by atomic mass is 32.1. The highest BCUT2D eigenvalue weighted by Gasteiger charge is 2.08. The number of nitrogens with zero attached hydrogens (tertiary/aromatic N) is 4. The van der Waals surface area contributed by atoms with E-state index < -0.39 is 4.94 Å². The molecule has 0 N–H and O–H groups in total. The van der Waals surface area contributed by atoms with Gasteiger partial charge in [-0.25, -0.2) is 14.8 Å². The monoisotopic (exact) mass is 224 g/mol. The molecule has 0 saturated heterocycles. The molecule has 2 aromatic rings. The standard InChI is InChI=1S/C8H8N4O2S/c1-12(2)6-4-9-5(3-10-6)7-11-15-8(13)14-7/h3-4H,1-2H3. The third-order valence-corrected chi connectivity index (χ3v) is 2.19. The Morgan fingerprint density at radius 2 is 2.13 bits per heavy atom. The van der Waals surface area contributed by atoms with Crippen molar-refractivity contribution in [3.63, 3.8) is 0 Å². The molecule has 0 radical (unpaired) electrons. The zero-order valence-corrected chi connectivity index (χ0v) is 8.98. The smallest absolute Gasteiger partial charge is 0.392 e. The van der Waals surface area contributed by atoms with Gasteiger partial charge in [-0.2, -0.15) is 0 Å². The van der Waals surface area contributed by atoms with Crippen molar-refractivity contribution in [1.82, 2.24) is 14.3 Å². The fraction of sp³-hybridized carbons (Fsp3) is 0.250. The van der Waals surface area contributed by atoms with E-state index in [1.807, 2.05) is 19.0 Å². The summed E-state index contributed by atoms with van der Waals surface area (Å²) in [6.07, 6.45) is 3.11. The summed E-state index contributed by atoms with van der Waals surface area (Å²) in [5.41, 5.74) is 0.457. The van der Waals surface area contributed by atoms with Gasteiger partial charge in [0.15, 0.2) is 0 Å². The first kappa shape index (κ1) is 9.78. The predicted molar refractivity (Wildman–Crippen MR) is 56.0 cm³/mol. The van der Waals surface area contributed by atoms with Crippen molar-refractivity contribution in [2.75, 3.05) is 19.0 Å². The third kappa shape index (κ3) is 2.01. The van der Waals surface area contributed by atoms with Gasteiger partial charge in [0, 0.05) is 14.1 Å². The van der Waals surface area contributed by atoms with Crippen molar-refractivity contribution in [2.45, 2.75) is 0 Å². The molecule has 0 bridgehead atoms. The fourth-order valence-corrected chi connectivity index (χ4v) is 1.36. The topological polar surface area (TPSA) is 72.1 Å². The summed E-state index contributed by atoms with van der Waals surface area (Å²) < 4.78 is 8.61. The minimum Gasteiger partial charge on any atom is -0.392 e. The maximum Gasteiger partial charge on any atom is 0.414 e. The minimum atomic E-state index is -0.441. The Morgan fingerprint density at radius 3 is 2.60 bits per heavy atom. The van der Waals surface area contributed by atoms with Gasteiger partial charge in [-0.1, -0.05) is 0 Å². The summed E-state index contributed by atoms with van der Waals surface area (Å²) in [4.78, 5) is 20.4. The van der Waals surface area contributed by atoms with Gasteiger partial charge in [-0.15, -0.1) is 4.37 Å². The second-order valence-corrected chi connectivity index (χ2v) is 3.69. The second-order valence-electron chi connectivity index (χ2n) is 2.99. The summed E-state index contributed by atoms with van der Waals surface area (Å²) in [6.45, 7) is 0. The lowest BCUT2D eigenvalue weighted by atomic mass is 10.4. The van der Waals surface area contributed by atoms with E-state index in [9.17, 15) is 4.79 Å². The zero-order valence-electron chi connectivity index (χ0n) is 8.17. The van der Waals surface area contributed by atoms with Crippen LogP contribution < -0.4 is 9.84 Å². The third-order valence-electron chi connectivity index (χ3n) is 1.70. The van der Waals surface area contributed by atoms with E-state index in [1.54, 1.807) is 6.20 Å². The van der Waals surface area contributed by atoms with Crippen molar-refractivity contribution >= 4 is 17.4 Å². The first-order valence-corrected chi connectivity index (χ1v) is 4.91. The van der Waals surface area contributed by atoms with Crippen LogP contribution in [0, 0.1) is 0 Å². The number of rotatable bonds is 2. The van der Waals surface area contributed by atoms with Crippen molar-refractivity contribution in [1.29, 1.82) is 0 Å². The molecule has 0 amide bonds. The van der Waals surface area contributed by atoms with Crippen LogP contribution in [0.3, 0.4) is 0 Å². The molecule has 2 rings (SSSR count). The van der Waals surface area contributed by atoms with Crippen LogP contribution in [0.4, 0.5) is 5.82 Å². The van der Waals surface area contributed by atoms with E-state index >= 15 is 0 Å². The van der Waals surface area contributed by atoms with Gasteiger partial charge in [-0.05, 0) is 0 Å². The number of aromatic nitrogens is 3. The second kappa shape index (κ2) is 3.77. The molecule has 2 heterocycles. The maximum atomic E-state index is 10.8. The molecule has 2 aromatic heterocycles. The van der Waals surface area contributed by atoms with Crippen LogP contribution in [0.15, 0.2) is 21.6 Å². The molecular formula is C8H8N4O2S. The van der Waals surface area contributed by atoms with Crippen LogP contribution in [-0.4, -0.2) is 28.4 Å². The zero-order chi connectivity index (χ0) is 10.8. The Balaban J connectivity index is 2.35. The lowest BCUT2D eigenvalue weighted by Gasteiger charge is -2.09. The Bertz CT molecular complexity index is 502. The summed E-state index contributed by atoms with van der Waals surface area (Å²) in [7, 11) is 3.74. The summed E-state index contributed by atoms with van der Waals surface area (Å²) in [5, 5.41) is 0. The molecule has 7 heteroatoms. The highest BCUT2D eigenvalue weighted by molar-refractivity contribution is 7.02. The van der Waals surface area contributed by atoms with Crippen LogP contribution >= 0.6 is 11.5 Å². The molecule has 0 aliphatic heterocycles. The van der Waals surface area contributed by atoms with Crippen LogP contribution in [0.25, 0.3) is 11.6 Å². The van der Waals surface area contributed by atoms with Crippen LogP contribution in [0.1, 0.15) is 0 Å². The number of hydrogen-bond acceptors (Lipinski definition) is 7. The molecule has 6 nitrogen and oxygen atoms in total. The van der Waals surface area contributed by atoms with Crippen molar-refractivity contribution < 1.29 is 4.42 Å². The molecule has 0 saturated carbocycles. The van der Waals surface area contributed by atoms with Crippen molar-refractivity contribution in [2.24, 2.45) is 0 Å². The van der Waals surface area contributed by atoms with Crippen molar-refractivity contribution in [3.05, 3.63) is 22.1 Å². The minimum absolute atomic E-state index is 0.211. The van der Waals surface area contributed by atoms with Gasteiger partial charge >= 0.3 is 4.94 Å². The molecule has 0 aliphatic carbocycles. The first-order chi connectivity index (χ1) is 7.16. The van der Waals surface area contributed by atoms with E-state index in [0.717, 1.165) is 17.4 Å². The number of anilines is 1. The summed E-state index contributed by atoms with van der Waals surface area (Å²) in [5.74, 6) is 0.944. The lowest BCUT2D eigenvalue weighted by molar-refractivity contribution is 0.540. The van der Waals surface area contributed by atoms with E-state index in [4.69, 9.17) is 4.42 Å². The Labute approximate surface area is 89.4 Å². The molecule has 0 fully saturated rings. The van der Waals surface area contributed by atoms with Crippen LogP contribution in [0.5, 0.6) is 0 Å². The summed E-state index contributed by atoms with van der Waals surface area (Å²) >= 11 is 0.759. The first-order valence-electron chi connectivity index (χ1n) is 4.13. The average Bonchev–Trinajstić information content (AvgIpc) is 2.65. The molecule has 78 valence electrons. The van der Waals surface area contributed by atoms with Gasteiger partial charge in [0.05, 0.1) is 23.9 Å². The molecular weight excluding hydrogens is 216 g/mol. The van der Waals surface area contributed by atoms with Gasteiger partial charge < -0.3 is 9.32 Å². The Morgan fingerprint density at radius 1 is 1.33 bits per heavy atom. The SMILES string of the molecule is CN(C)c1cnc(-c2nsc(=O)o2)cn1. The predicted octanol–water partition coefficient (Wildman–Crippen LogP) is 0.619. The van der Waals surface area contributed by atoms with Gasteiger partial charge in [0.25, 0.3) is 5.89 Å². The molecule has 0 atom stereocenters. The van der Waals surface area contributed by atoms with E-state index in [0.29, 0.717) is 5.69 Å². The van der Waals surface area contributed by atoms with E-state index in [-0.39, 0.29) is 5.89 Å². The van der Waals surface area contributed by atoms with Crippen LogP contribution in [0.2, 0.25) is 0 Å². The quantitative estimate of drug-likeness (QED) is 0.744. The van der Waals surface area contributed by atoms with E-state index in [1.165, 1.54) is 6.20 Å². The largest absolute Gasteiger partial charge is 0.414 e. The lowest BCUT2D eigenvalue weighted by Crippen LogP contribution is -2.10. The van der Waals surface area contributed by atoms with Gasteiger partial charge in [-0.3, -0.25) is 0 Å². The van der Waals surface area contributed by atoms with Gasteiger partial charge in [0.2, 0.25) is 0 Å². The molecule has 15 heavy (non-hydrogen) atoms. The Kier molecular flexibility index (Phi) is 2.46. The molecule has 0 aliphatic rings. The average molecular weight is 224 g/mol.